The van der Waals surface area contributed by atoms with Gasteiger partial charge in [-0.15, -0.1) is 0 Å². The van der Waals surface area contributed by atoms with Crippen LogP contribution in [0.4, 0.5) is 10.1 Å². The van der Waals surface area contributed by atoms with E-state index in [0.717, 1.165) is 38.4 Å². The van der Waals surface area contributed by atoms with E-state index in [0.29, 0.717) is 23.6 Å². The fourth-order valence-electron chi connectivity index (χ4n) is 3.35. The monoisotopic (exact) mass is 371 g/mol. The first-order valence-corrected chi connectivity index (χ1v) is 9.10. The number of fused-ring (bicyclic) bond motifs is 1. The number of ether oxygens (including phenoxy) is 2. The Morgan fingerprint density at radius 2 is 1.74 bits per heavy atom. The van der Waals surface area contributed by atoms with Gasteiger partial charge in [-0.2, -0.15) is 0 Å². The predicted octanol–water partition coefficient (Wildman–Crippen LogP) is 2.11. The minimum atomic E-state index is -0.212. The highest BCUT2D eigenvalue weighted by atomic mass is 19.1. The van der Waals surface area contributed by atoms with E-state index in [1.165, 1.54) is 12.1 Å². The summed E-state index contributed by atoms with van der Waals surface area (Å²) in [5.74, 6) is 0.957. The zero-order chi connectivity index (χ0) is 18.6. The van der Waals surface area contributed by atoms with E-state index in [1.54, 1.807) is 18.2 Å². The molecule has 6 nitrogen and oxygen atoms in total. The summed E-state index contributed by atoms with van der Waals surface area (Å²) in [5, 5.41) is 2.95. The van der Waals surface area contributed by atoms with Crippen LogP contribution in [-0.2, 0) is 0 Å². The van der Waals surface area contributed by atoms with Gasteiger partial charge < -0.3 is 19.7 Å². The molecule has 0 bridgehead atoms. The maximum atomic E-state index is 13.0. The molecule has 2 aromatic rings. The minimum Gasteiger partial charge on any atom is -0.454 e. The lowest BCUT2D eigenvalue weighted by atomic mass is 10.2. The van der Waals surface area contributed by atoms with Gasteiger partial charge in [-0.25, -0.2) is 4.39 Å². The van der Waals surface area contributed by atoms with E-state index < -0.39 is 0 Å². The number of carbonyl (C=O) groups excluding carboxylic acids is 1. The highest BCUT2D eigenvalue weighted by molar-refractivity contribution is 5.94. The van der Waals surface area contributed by atoms with Gasteiger partial charge in [-0.05, 0) is 42.5 Å². The molecule has 4 rings (SSSR count). The number of halogens is 1. The van der Waals surface area contributed by atoms with Gasteiger partial charge in [0.25, 0.3) is 5.91 Å². The molecule has 0 atom stereocenters. The quantitative estimate of drug-likeness (QED) is 0.873. The maximum absolute atomic E-state index is 13.0. The normalized spacial score (nSPS) is 16.4. The molecule has 0 aliphatic carbocycles. The highest BCUT2D eigenvalue weighted by Gasteiger charge is 2.18. The van der Waals surface area contributed by atoms with Crippen molar-refractivity contribution in [3.05, 3.63) is 53.8 Å². The summed E-state index contributed by atoms with van der Waals surface area (Å²) in [7, 11) is 0. The van der Waals surface area contributed by atoms with Crippen molar-refractivity contribution in [2.45, 2.75) is 0 Å². The molecule has 0 saturated carbocycles. The van der Waals surface area contributed by atoms with Crippen LogP contribution in [0.25, 0.3) is 0 Å². The lowest BCUT2D eigenvalue weighted by Crippen LogP contribution is -2.48. The summed E-state index contributed by atoms with van der Waals surface area (Å²) < 4.78 is 23.6. The summed E-state index contributed by atoms with van der Waals surface area (Å²) in [6.45, 7) is 5.19. The van der Waals surface area contributed by atoms with Crippen molar-refractivity contribution in [3.8, 4) is 11.5 Å². The zero-order valence-corrected chi connectivity index (χ0v) is 15.0. The molecule has 2 aromatic carbocycles. The number of nitrogens with one attached hydrogen (secondary N) is 1. The number of rotatable bonds is 5. The first-order chi connectivity index (χ1) is 13.2. The number of amides is 1. The van der Waals surface area contributed by atoms with E-state index in [2.05, 4.69) is 15.1 Å². The van der Waals surface area contributed by atoms with Gasteiger partial charge in [0.1, 0.15) is 5.82 Å². The molecule has 0 radical (unpaired) electrons. The van der Waals surface area contributed by atoms with Crippen LogP contribution in [0.1, 0.15) is 10.4 Å². The third-order valence-corrected chi connectivity index (χ3v) is 4.91. The largest absolute Gasteiger partial charge is 0.454 e. The third kappa shape index (κ3) is 4.14. The second kappa shape index (κ2) is 7.84. The fourth-order valence-corrected chi connectivity index (χ4v) is 3.35. The van der Waals surface area contributed by atoms with E-state index in [9.17, 15) is 9.18 Å². The van der Waals surface area contributed by atoms with Crippen molar-refractivity contribution in [2.75, 3.05) is 51.0 Å². The van der Waals surface area contributed by atoms with Crippen molar-refractivity contribution in [2.24, 2.45) is 0 Å². The molecule has 1 fully saturated rings. The van der Waals surface area contributed by atoms with E-state index in [-0.39, 0.29) is 18.5 Å². The first-order valence-electron chi connectivity index (χ1n) is 9.10. The molecule has 0 aromatic heterocycles. The molecule has 0 spiro atoms. The van der Waals surface area contributed by atoms with Crippen LogP contribution in [0.2, 0.25) is 0 Å². The van der Waals surface area contributed by atoms with Gasteiger partial charge in [-0.1, -0.05) is 0 Å². The average molecular weight is 371 g/mol. The van der Waals surface area contributed by atoms with Gasteiger partial charge in [-0.3, -0.25) is 9.69 Å². The molecule has 142 valence electrons. The standard InChI is InChI=1S/C20H22FN3O3/c21-16-2-4-17(5-3-16)24-11-9-23(10-12-24)8-7-22-20(25)15-1-6-18-19(13-15)27-14-26-18/h1-6,13H,7-12,14H2,(H,22,25). The topological polar surface area (TPSA) is 54.0 Å². The Bertz CT molecular complexity index is 805. The molecule has 2 aliphatic rings. The SMILES string of the molecule is O=C(NCCN1CCN(c2ccc(F)cc2)CC1)c1ccc2c(c1)OCO2. The second-order valence-corrected chi connectivity index (χ2v) is 6.63. The molecule has 1 amide bonds. The smallest absolute Gasteiger partial charge is 0.251 e. The van der Waals surface area contributed by atoms with Crippen LogP contribution in [-0.4, -0.2) is 56.9 Å². The van der Waals surface area contributed by atoms with Crippen molar-refractivity contribution < 1.29 is 18.7 Å². The summed E-state index contributed by atoms with van der Waals surface area (Å²) >= 11 is 0. The Hall–Kier alpha value is -2.80. The van der Waals surface area contributed by atoms with Gasteiger partial charge in [0.15, 0.2) is 11.5 Å². The Kier molecular flexibility index (Phi) is 5.11. The lowest BCUT2D eigenvalue weighted by molar-refractivity contribution is 0.0947. The fraction of sp³-hybridized carbons (Fsp3) is 0.350. The summed E-state index contributed by atoms with van der Waals surface area (Å²) in [5.41, 5.74) is 1.62. The molecule has 1 saturated heterocycles. The van der Waals surface area contributed by atoms with Crippen LogP contribution in [0.15, 0.2) is 42.5 Å². The number of benzene rings is 2. The van der Waals surface area contributed by atoms with Crippen molar-refractivity contribution in [3.63, 3.8) is 0 Å². The predicted molar refractivity (Wildman–Crippen MR) is 100.0 cm³/mol. The van der Waals surface area contributed by atoms with E-state index >= 15 is 0 Å². The molecule has 7 heteroatoms. The molecule has 27 heavy (non-hydrogen) atoms. The third-order valence-electron chi connectivity index (χ3n) is 4.91. The van der Waals surface area contributed by atoms with Gasteiger partial charge in [0.2, 0.25) is 6.79 Å². The Morgan fingerprint density at radius 1 is 1.00 bits per heavy atom. The van der Waals surface area contributed by atoms with Gasteiger partial charge >= 0.3 is 0 Å². The second-order valence-electron chi connectivity index (χ2n) is 6.63. The molecule has 2 heterocycles. The Morgan fingerprint density at radius 3 is 2.52 bits per heavy atom. The number of hydrogen-bond acceptors (Lipinski definition) is 5. The molecular formula is C20H22FN3O3. The number of anilines is 1. The van der Waals surface area contributed by atoms with Gasteiger partial charge in [0, 0.05) is 50.5 Å². The average Bonchev–Trinajstić information content (AvgIpc) is 3.17. The lowest BCUT2D eigenvalue weighted by Gasteiger charge is -2.36. The van der Waals surface area contributed by atoms with Crippen LogP contribution in [0, 0.1) is 5.82 Å². The van der Waals surface area contributed by atoms with Crippen molar-refractivity contribution in [1.82, 2.24) is 10.2 Å². The van der Waals surface area contributed by atoms with Crippen molar-refractivity contribution in [1.29, 1.82) is 0 Å². The number of piperazine rings is 1. The van der Waals surface area contributed by atoms with Crippen LogP contribution < -0.4 is 19.7 Å². The van der Waals surface area contributed by atoms with Crippen LogP contribution in [0.5, 0.6) is 11.5 Å². The molecule has 2 aliphatic heterocycles. The Balaban J connectivity index is 1.21. The minimum absolute atomic E-state index is 0.113. The highest BCUT2D eigenvalue weighted by Crippen LogP contribution is 2.32. The van der Waals surface area contributed by atoms with E-state index in [4.69, 9.17) is 9.47 Å². The Labute approximate surface area is 157 Å². The molecule has 0 unspecified atom stereocenters. The number of nitrogens with zero attached hydrogens (tertiary/aromatic N) is 2. The summed E-state index contributed by atoms with van der Waals surface area (Å²) in [6, 6.07) is 11.8. The molecular weight excluding hydrogens is 349 g/mol. The maximum Gasteiger partial charge on any atom is 0.251 e. The number of carbonyl (C=O) groups is 1. The first kappa shape index (κ1) is 17.6. The summed E-state index contributed by atoms with van der Waals surface area (Å²) in [4.78, 5) is 16.9. The van der Waals surface area contributed by atoms with Gasteiger partial charge in [0.05, 0.1) is 0 Å². The zero-order valence-electron chi connectivity index (χ0n) is 15.0. The van der Waals surface area contributed by atoms with Crippen LogP contribution in [0.3, 0.4) is 0 Å². The number of hydrogen-bond donors (Lipinski definition) is 1. The summed E-state index contributed by atoms with van der Waals surface area (Å²) in [6.07, 6.45) is 0. The van der Waals surface area contributed by atoms with E-state index in [1.807, 2.05) is 12.1 Å². The van der Waals surface area contributed by atoms with Crippen molar-refractivity contribution >= 4 is 11.6 Å². The van der Waals surface area contributed by atoms with Crippen LogP contribution >= 0.6 is 0 Å². The molecule has 1 N–H and O–H groups in total.